The van der Waals surface area contributed by atoms with Gasteiger partial charge in [0.05, 0.1) is 10.5 Å². The molecule has 1 heterocycles. The van der Waals surface area contributed by atoms with Crippen molar-refractivity contribution in [1.82, 2.24) is 4.90 Å². The molecule has 27 heavy (non-hydrogen) atoms. The minimum absolute atomic E-state index is 0.198. The third-order valence-corrected chi connectivity index (χ3v) is 5.83. The van der Waals surface area contributed by atoms with Gasteiger partial charge in [-0.2, -0.15) is 0 Å². The normalized spacial score (nSPS) is 14.4. The molecule has 2 amide bonds. The number of aryl methyl sites for hydroxylation is 1. The van der Waals surface area contributed by atoms with Crippen molar-refractivity contribution in [3.05, 3.63) is 69.6 Å². The summed E-state index contributed by atoms with van der Waals surface area (Å²) in [6, 6.07) is 15.1. The zero-order chi connectivity index (χ0) is 19.4. The van der Waals surface area contributed by atoms with Crippen LogP contribution < -0.4 is 0 Å². The minimum Gasteiger partial charge on any atom is -0.274 e. The molecule has 0 radical (unpaired) electrons. The molecular formula is C22H22ClNO2S. The van der Waals surface area contributed by atoms with Gasteiger partial charge in [-0.05, 0) is 43.2 Å². The third kappa shape index (κ3) is 4.45. The average molecular weight is 400 g/mol. The van der Waals surface area contributed by atoms with E-state index in [9.17, 15) is 9.59 Å². The monoisotopic (exact) mass is 399 g/mol. The van der Waals surface area contributed by atoms with Gasteiger partial charge in [0.2, 0.25) is 0 Å². The number of imide groups is 1. The van der Waals surface area contributed by atoms with Crippen molar-refractivity contribution < 1.29 is 9.59 Å². The molecule has 0 fully saturated rings. The molecule has 3 nitrogen and oxygen atoms in total. The fourth-order valence-corrected chi connectivity index (χ4v) is 4.11. The van der Waals surface area contributed by atoms with E-state index in [1.807, 2.05) is 43.3 Å². The van der Waals surface area contributed by atoms with Crippen LogP contribution in [0.5, 0.6) is 0 Å². The first kappa shape index (κ1) is 19.7. The van der Waals surface area contributed by atoms with E-state index in [0.29, 0.717) is 22.0 Å². The number of benzene rings is 2. The van der Waals surface area contributed by atoms with Gasteiger partial charge in [0.25, 0.3) is 11.8 Å². The van der Waals surface area contributed by atoms with Crippen LogP contribution in [0.4, 0.5) is 0 Å². The Morgan fingerprint density at radius 2 is 1.59 bits per heavy atom. The number of nitrogens with zero attached hydrogens (tertiary/aromatic N) is 1. The summed E-state index contributed by atoms with van der Waals surface area (Å²) in [5.41, 5.74) is 2.40. The molecular weight excluding hydrogens is 378 g/mol. The van der Waals surface area contributed by atoms with Crippen molar-refractivity contribution in [1.29, 1.82) is 0 Å². The van der Waals surface area contributed by atoms with Crippen molar-refractivity contribution in [3.8, 4) is 0 Å². The molecule has 0 bridgehead atoms. The summed E-state index contributed by atoms with van der Waals surface area (Å²) < 4.78 is 0. The highest BCUT2D eigenvalue weighted by molar-refractivity contribution is 8.04. The van der Waals surface area contributed by atoms with Gasteiger partial charge in [-0.25, -0.2) is 0 Å². The lowest BCUT2D eigenvalue weighted by Crippen LogP contribution is -2.32. The zero-order valence-electron chi connectivity index (χ0n) is 15.5. The van der Waals surface area contributed by atoms with Gasteiger partial charge in [0.15, 0.2) is 0 Å². The largest absolute Gasteiger partial charge is 0.274 e. The average Bonchev–Trinajstić information content (AvgIpc) is 2.89. The molecule has 0 aromatic heterocycles. The number of unbranched alkanes of at least 4 members (excludes halogenated alkanes) is 2. The van der Waals surface area contributed by atoms with E-state index in [1.165, 1.54) is 16.7 Å². The minimum atomic E-state index is -0.202. The van der Waals surface area contributed by atoms with E-state index in [2.05, 4.69) is 6.92 Å². The molecule has 0 aliphatic carbocycles. The Morgan fingerprint density at radius 1 is 0.926 bits per heavy atom. The predicted molar refractivity (Wildman–Crippen MR) is 112 cm³/mol. The second-order valence-corrected chi connectivity index (χ2v) is 8.12. The highest BCUT2D eigenvalue weighted by Crippen LogP contribution is 2.40. The van der Waals surface area contributed by atoms with Crippen molar-refractivity contribution in [3.63, 3.8) is 0 Å². The Hall–Kier alpha value is -2.04. The summed E-state index contributed by atoms with van der Waals surface area (Å²) in [7, 11) is 0. The lowest BCUT2D eigenvalue weighted by Gasteiger charge is -2.14. The van der Waals surface area contributed by atoms with Crippen molar-refractivity contribution in [2.45, 2.75) is 38.0 Å². The number of carbonyl (C=O) groups excluding carboxylic acids is 2. The van der Waals surface area contributed by atoms with Gasteiger partial charge in [0.1, 0.15) is 0 Å². The molecule has 0 saturated heterocycles. The number of amides is 2. The lowest BCUT2D eigenvalue weighted by atomic mass is 10.0. The van der Waals surface area contributed by atoms with Crippen molar-refractivity contribution in [2.75, 3.05) is 6.54 Å². The van der Waals surface area contributed by atoms with Gasteiger partial charge >= 0.3 is 0 Å². The molecule has 1 aliphatic rings. The summed E-state index contributed by atoms with van der Waals surface area (Å²) in [5.74, 6) is -0.400. The van der Waals surface area contributed by atoms with Crippen LogP contribution in [-0.4, -0.2) is 23.3 Å². The standard InChI is InChI=1S/C22H22ClNO2S/c1-3-4-5-14-24-21(25)19(16-8-6-15(2)7-9-16)20(22(24)26)27-18-12-10-17(23)11-13-18/h6-13H,3-5,14H2,1-2H3. The number of thioether (sulfide) groups is 1. The maximum absolute atomic E-state index is 13.1. The summed E-state index contributed by atoms with van der Waals surface area (Å²) in [5, 5.41) is 0.641. The van der Waals surface area contributed by atoms with Crippen LogP contribution >= 0.6 is 23.4 Å². The predicted octanol–water partition coefficient (Wildman–Crippen LogP) is 5.71. The summed E-state index contributed by atoms with van der Waals surface area (Å²) >= 11 is 7.29. The number of hydrogen-bond donors (Lipinski definition) is 0. The van der Waals surface area contributed by atoms with Crippen LogP contribution in [0.1, 0.15) is 37.3 Å². The molecule has 0 atom stereocenters. The summed E-state index contributed by atoms with van der Waals surface area (Å²) in [6.45, 7) is 4.57. The van der Waals surface area contributed by atoms with E-state index in [-0.39, 0.29) is 11.8 Å². The second kappa shape index (κ2) is 8.77. The van der Waals surface area contributed by atoms with E-state index in [1.54, 1.807) is 12.1 Å². The molecule has 3 rings (SSSR count). The van der Waals surface area contributed by atoms with Gasteiger partial charge in [-0.15, -0.1) is 0 Å². The molecule has 0 unspecified atom stereocenters. The quantitative estimate of drug-likeness (QED) is 0.442. The first-order chi connectivity index (χ1) is 13.0. The van der Waals surface area contributed by atoms with Crippen LogP contribution in [0, 0.1) is 6.92 Å². The van der Waals surface area contributed by atoms with E-state index in [4.69, 9.17) is 11.6 Å². The van der Waals surface area contributed by atoms with Crippen molar-refractivity contribution >= 4 is 40.8 Å². The highest BCUT2D eigenvalue weighted by Gasteiger charge is 2.38. The van der Waals surface area contributed by atoms with Crippen molar-refractivity contribution in [2.24, 2.45) is 0 Å². The fraction of sp³-hybridized carbons (Fsp3) is 0.273. The van der Waals surface area contributed by atoms with Gasteiger partial charge in [-0.1, -0.05) is 73.0 Å². The molecule has 0 N–H and O–H groups in total. The summed E-state index contributed by atoms with van der Waals surface area (Å²) in [6.07, 6.45) is 2.87. The smallest absolute Gasteiger partial charge is 0.268 e. The fourth-order valence-electron chi connectivity index (χ4n) is 2.97. The Bertz CT molecular complexity index is 872. The molecule has 0 spiro atoms. The Balaban J connectivity index is 1.97. The number of halogens is 1. The third-order valence-electron chi connectivity index (χ3n) is 4.48. The molecule has 1 aliphatic heterocycles. The summed E-state index contributed by atoms with van der Waals surface area (Å²) in [4.78, 5) is 28.9. The lowest BCUT2D eigenvalue weighted by molar-refractivity contribution is -0.136. The van der Waals surface area contributed by atoms with E-state index in [0.717, 1.165) is 35.3 Å². The van der Waals surface area contributed by atoms with Crippen LogP contribution in [0.3, 0.4) is 0 Å². The van der Waals surface area contributed by atoms with Crippen LogP contribution in [0.25, 0.3) is 5.57 Å². The number of rotatable bonds is 7. The van der Waals surface area contributed by atoms with Gasteiger partial charge < -0.3 is 0 Å². The SMILES string of the molecule is CCCCCN1C(=O)C(Sc2ccc(Cl)cc2)=C(c2ccc(C)cc2)C1=O. The van der Waals surface area contributed by atoms with Crippen LogP contribution in [-0.2, 0) is 9.59 Å². The van der Waals surface area contributed by atoms with Gasteiger partial charge in [0, 0.05) is 16.5 Å². The van der Waals surface area contributed by atoms with E-state index < -0.39 is 0 Å². The maximum atomic E-state index is 13.1. The molecule has 2 aromatic carbocycles. The highest BCUT2D eigenvalue weighted by atomic mass is 35.5. The molecule has 140 valence electrons. The first-order valence-electron chi connectivity index (χ1n) is 9.12. The van der Waals surface area contributed by atoms with Crippen LogP contribution in [0.2, 0.25) is 5.02 Å². The van der Waals surface area contributed by atoms with Crippen LogP contribution in [0.15, 0.2) is 58.3 Å². The molecule has 0 saturated carbocycles. The number of hydrogen-bond acceptors (Lipinski definition) is 3. The Labute approximate surface area is 169 Å². The molecule has 5 heteroatoms. The van der Waals surface area contributed by atoms with Gasteiger partial charge in [-0.3, -0.25) is 14.5 Å². The maximum Gasteiger partial charge on any atom is 0.268 e. The number of carbonyl (C=O) groups is 2. The Morgan fingerprint density at radius 3 is 2.22 bits per heavy atom. The second-order valence-electron chi connectivity index (χ2n) is 6.60. The Kier molecular flexibility index (Phi) is 6.40. The first-order valence-corrected chi connectivity index (χ1v) is 10.3. The van der Waals surface area contributed by atoms with E-state index >= 15 is 0 Å². The zero-order valence-corrected chi connectivity index (χ0v) is 17.1. The topological polar surface area (TPSA) is 37.4 Å². The molecule has 2 aromatic rings.